The maximum absolute atomic E-state index is 13.4. The Labute approximate surface area is 127 Å². The molecule has 0 atom stereocenters. The maximum Gasteiger partial charge on any atom is 0.251 e. The number of aromatic nitrogens is 3. The van der Waals surface area contributed by atoms with Crippen LogP contribution in [-0.4, -0.2) is 20.5 Å². The van der Waals surface area contributed by atoms with Crippen LogP contribution in [0, 0.1) is 5.82 Å². The number of carbonyl (C=O) groups excluding carboxylic acids is 1. The molecule has 21 heavy (non-hydrogen) atoms. The lowest BCUT2D eigenvalue weighted by Crippen LogP contribution is -2.24. The first-order valence-electron chi connectivity index (χ1n) is 6.17. The van der Waals surface area contributed by atoms with Gasteiger partial charge >= 0.3 is 0 Å². The van der Waals surface area contributed by atoms with Crippen molar-refractivity contribution in [3.8, 4) is 0 Å². The zero-order valence-corrected chi connectivity index (χ0v) is 12.3. The number of hydrogen-bond donors (Lipinski definition) is 1. The molecule has 106 valence electrons. The molecule has 0 unspecified atom stereocenters. The molecule has 2 heterocycles. The smallest absolute Gasteiger partial charge is 0.251 e. The lowest BCUT2D eigenvalue weighted by Gasteiger charge is -2.05. The normalized spacial score (nSPS) is 10.8. The fraction of sp³-hybridized carbons (Fsp3) is 0.0714. The topological polar surface area (TPSA) is 59.3 Å². The fourth-order valence-corrected chi connectivity index (χ4v) is 2.16. The Morgan fingerprint density at radius 3 is 2.95 bits per heavy atom. The van der Waals surface area contributed by atoms with Crippen LogP contribution in [0.5, 0.6) is 0 Å². The third kappa shape index (κ3) is 2.78. The molecule has 0 radical (unpaired) electrons. The minimum absolute atomic E-state index is 0.210. The first-order chi connectivity index (χ1) is 10.1. The fourth-order valence-electron chi connectivity index (χ4n) is 1.91. The van der Waals surface area contributed by atoms with Crippen molar-refractivity contribution in [1.29, 1.82) is 0 Å². The number of fused-ring (bicyclic) bond motifs is 1. The van der Waals surface area contributed by atoms with Gasteiger partial charge in [-0.15, -0.1) is 10.2 Å². The number of halogens is 2. The molecule has 3 aromatic rings. The summed E-state index contributed by atoms with van der Waals surface area (Å²) < 4.78 is 15.5. The summed E-state index contributed by atoms with van der Waals surface area (Å²) >= 11 is 3.05. The summed E-state index contributed by atoms with van der Waals surface area (Å²) in [6.45, 7) is 0.210. The van der Waals surface area contributed by atoms with Gasteiger partial charge in [-0.05, 0) is 46.3 Å². The molecule has 1 aromatic carbocycles. The van der Waals surface area contributed by atoms with Crippen LogP contribution in [0.3, 0.4) is 0 Å². The molecule has 1 amide bonds. The van der Waals surface area contributed by atoms with Crippen LogP contribution >= 0.6 is 15.9 Å². The Bertz CT molecular complexity index is 818. The molecule has 0 aliphatic rings. The van der Waals surface area contributed by atoms with Crippen molar-refractivity contribution in [2.75, 3.05) is 0 Å². The van der Waals surface area contributed by atoms with E-state index in [-0.39, 0.29) is 18.0 Å². The number of rotatable bonds is 3. The van der Waals surface area contributed by atoms with Crippen LogP contribution in [0.15, 0.2) is 47.1 Å². The van der Waals surface area contributed by atoms with E-state index >= 15 is 0 Å². The number of nitrogens with zero attached hydrogens (tertiary/aromatic N) is 3. The van der Waals surface area contributed by atoms with Crippen molar-refractivity contribution < 1.29 is 9.18 Å². The second-order valence-corrected chi connectivity index (χ2v) is 5.21. The molecule has 0 saturated carbocycles. The van der Waals surface area contributed by atoms with Crippen molar-refractivity contribution in [1.82, 2.24) is 19.9 Å². The number of amides is 1. The van der Waals surface area contributed by atoms with E-state index in [1.165, 1.54) is 12.1 Å². The monoisotopic (exact) mass is 348 g/mol. The Morgan fingerprint density at radius 1 is 1.29 bits per heavy atom. The highest BCUT2D eigenvalue weighted by Gasteiger charge is 2.10. The quantitative estimate of drug-likeness (QED) is 0.791. The molecule has 0 saturated heterocycles. The lowest BCUT2D eigenvalue weighted by molar-refractivity contribution is 0.0949. The summed E-state index contributed by atoms with van der Waals surface area (Å²) in [5.74, 6) is -0.235. The Balaban J connectivity index is 1.75. The van der Waals surface area contributed by atoms with Gasteiger partial charge in [-0.1, -0.05) is 6.07 Å². The predicted molar refractivity (Wildman–Crippen MR) is 78.3 cm³/mol. The van der Waals surface area contributed by atoms with Gasteiger partial charge in [0.15, 0.2) is 11.5 Å². The third-order valence-electron chi connectivity index (χ3n) is 2.97. The zero-order chi connectivity index (χ0) is 14.8. The Hall–Kier alpha value is -2.28. The van der Waals surface area contributed by atoms with Crippen molar-refractivity contribution in [2.24, 2.45) is 0 Å². The number of benzene rings is 1. The molecular formula is C14H10BrFN4O. The highest BCUT2D eigenvalue weighted by molar-refractivity contribution is 9.10. The third-order valence-corrected chi connectivity index (χ3v) is 3.62. The standard InChI is InChI=1S/C14H10BrFN4O/c15-10-5-4-9(7-11(10)16)14(21)17-8-13-19-18-12-3-1-2-6-20(12)13/h1-7H,8H2,(H,17,21). The molecule has 0 aliphatic heterocycles. The number of carbonyl (C=O) groups is 1. The van der Waals surface area contributed by atoms with Crippen molar-refractivity contribution in [3.05, 3.63) is 64.3 Å². The molecule has 1 N–H and O–H groups in total. The van der Waals surface area contributed by atoms with Crippen molar-refractivity contribution in [2.45, 2.75) is 6.54 Å². The minimum atomic E-state index is -0.476. The van der Waals surface area contributed by atoms with E-state index in [4.69, 9.17) is 0 Å². The zero-order valence-electron chi connectivity index (χ0n) is 10.8. The summed E-state index contributed by atoms with van der Waals surface area (Å²) in [5.41, 5.74) is 0.959. The van der Waals surface area contributed by atoms with E-state index in [1.54, 1.807) is 10.5 Å². The van der Waals surface area contributed by atoms with E-state index in [0.717, 1.165) is 0 Å². The van der Waals surface area contributed by atoms with Gasteiger partial charge in [0.2, 0.25) is 0 Å². The number of pyridine rings is 1. The lowest BCUT2D eigenvalue weighted by atomic mass is 10.2. The molecule has 2 aromatic heterocycles. The Kier molecular flexibility index (Phi) is 3.66. The first-order valence-corrected chi connectivity index (χ1v) is 6.96. The molecule has 0 spiro atoms. The van der Waals surface area contributed by atoms with Crippen LogP contribution in [0.4, 0.5) is 4.39 Å². The van der Waals surface area contributed by atoms with Gasteiger partial charge in [0, 0.05) is 11.8 Å². The average Bonchev–Trinajstić information content (AvgIpc) is 2.91. The van der Waals surface area contributed by atoms with Gasteiger partial charge in [0.05, 0.1) is 11.0 Å². The van der Waals surface area contributed by atoms with Crippen LogP contribution < -0.4 is 5.32 Å². The highest BCUT2D eigenvalue weighted by Crippen LogP contribution is 2.16. The van der Waals surface area contributed by atoms with Gasteiger partial charge < -0.3 is 5.32 Å². The van der Waals surface area contributed by atoms with Gasteiger partial charge in [0.1, 0.15) is 5.82 Å². The van der Waals surface area contributed by atoms with E-state index in [2.05, 4.69) is 31.4 Å². The minimum Gasteiger partial charge on any atom is -0.345 e. The molecule has 7 heteroatoms. The summed E-state index contributed by atoms with van der Waals surface area (Å²) in [6.07, 6.45) is 1.82. The molecule has 3 rings (SSSR count). The van der Waals surface area contributed by atoms with Gasteiger partial charge in [0.25, 0.3) is 5.91 Å². The number of hydrogen-bond acceptors (Lipinski definition) is 3. The molecule has 0 fully saturated rings. The summed E-state index contributed by atoms with van der Waals surface area (Å²) in [5, 5.41) is 10.7. The molecule has 0 aliphatic carbocycles. The Morgan fingerprint density at radius 2 is 2.14 bits per heavy atom. The maximum atomic E-state index is 13.4. The summed E-state index contributed by atoms with van der Waals surface area (Å²) in [4.78, 5) is 12.0. The van der Waals surface area contributed by atoms with Gasteiger partial charge in [-0.25, -0.2) is 4.39 Å². The van der Waals surface area contributed by atoms with Gasteiger partial charge in [-0.2, -0.15) is 0 Å². The van der Waals surface area contributed by atoms with E-state index in [0.29, 0.717) is 15.9 Å². The van der Waals surface area contributed by atoms with E-state index < -0.39 is 5.82 Å². The number of nitrogens with one attached hydrogen (secondary N) is 1. The molecule has 5 nitrogen and oxygen atoms in total. The SMILES string of the molecule is O=C(NCc1nnc2ccccn12)c1ccc(Br)c(F)c1. The van der Waals surface area contributed by atoms with Crippen molar-refractivity contribution in [3.63, 3.8) is 0 Å². The largest absolute Gasteiger partial charge is 0.345 e. The van der Waals surface area contributed by atoms with E-state index in [1.807, 2.05) is 24.4 Å². The predicted octanol–water partition coefficient (Wildman–Crippen LogP) is 2.56. The van der Waals surface area contributed by atoms with Crippen LogP contribution in [0.25, 0.3) is 5.65 Å². The highest BCUT2D eigenvalue weighted by atomic mass is 79.9. The summed E-state index contributed by atoms with van der Waals surface area (Å²) in [6, 6.07) is 9.76. The van der Waals surface area contributed by atoms with Crippen LogP contribution in [0.1, 0.15) is 16.2 Å². The second-order valence-electron chi connectivity index (χ2n) is 4.36. The van der Waals surface area contributed by atoms with E-state index in [9.17, 15) is 9.18 Å². The van der Waals surface area contributed by atoms with Crippen molar-refractivity contribution >= 4 is 27.5 Å². The molecule has 0 bridgehead atoms. The van der Waals surface area contributed by atoms with Crippen LogP contribution in [-0.2, 0) is 6.54 Å². The average molecular weight is 349 g/mol. The first kappa shape index (κ1) is 13.7. The van der Waals surface area contributed by atoms with Gasteiger partial charge in [-0.3, -0.25) is 9.20 Å². The molecular weight excluding hydrogens is 339 g/mol. The second kappa shape index (κ2) is 5.61. The summed E-state index contributed by atoms with van der Waals surface area (Å²) in [7, 11) is 0. The van der Waals surface area contributed by atoms with Crippen LogP contribution in [0.2, 0.25) is 0 Å².